The Kier molecular flexibility index (Phi) is 2.60. The van der Waals surface area contributed by atoms with Crippen molar-refractivity contribution >= 4 is 11.8 Å². The molecule has 0 saturated heterocycles. The smallest absolute Gasteiger partial charge is 0.255 e. The lowest BCUT2D eigenvalue weighted by Crippen LogP contribution is -2.25. The van der Waals surface area contributed by atoms with E-state index in [0.29, 0.717) is 5.82 Å². The van der Waals surface area contributed by atoms with Crippen molar-refractivity contribution in [1.29, 1.82) is 0 Å². The molecule has 0 amide bonds. The lowest BCUT2D eigenvalue weighted by molar-refractivity contribution is 0.714. The third-order valence-corrected chi connectivity index (χ3v) is 3.27. The fourth-order valence-corrected chi connectivity index (χ4v) is 2.46. The number of rotatable bonds is 1. The van der Waals surface area contributed by atoms with E-state index in [1.54, 1.807) is 11.8 Å². The summed E-state index contributed by atoms with van der Waals surface area (Å²) in [7, 11) is 0. The van der Waals surface area contributed by atoms with Gasteiger partial charge in [-0.05, 0) is 19.1 Å². The van der Waals surface area contributed by atoms with Gasteiger partial charge in [-0.1, -0.05) is 0 Å². The van der Waals surface area contributed by atoms with Crippen molar-refractivity contribution < 1.29 is 0 Å². The Morgan fingerprint density at radius 3 is 3.14 bits per heavy atom. The lowest BCUT2D eigenvalue weighted by Gasteiger charge is -2.15. The zero-order valence-corrected chi connectivity index (χ0v) is 8.86. The highest BCUT2D eigenvalue weighted by atomic mass is 32.2. The van der Waals surface area contributed by atoms with Crippen LogP contribution in [0.25, 0.3) is 0 Å². The van der Waals surface area contributed by atoms with Gasteiger partial charge in [-0.25, -0.2) is 4.98 Å². The van der Waals surface area contributed by atoms with Gasteiger partial charge in [0, 0.05) is 11.3 Å². The van der Waals surface area contributed by atoms with Crippen LogP contribution in [0.5, 0.6) is 0 Å². The minimum atomic E-state index is -0.206. The van der Waals surface area contributed by atoms with E-state index >= 15 is 0 Å². The number of hydrogen-bond donors (Lipinski definition) is 2. The molecule has 4 nitrogen and oxygen atoms in total. The number of H-pyrrole nitrogens is 1. The number of aryl methyl sites for hydroxylation is 1. The highest BCUT2D eigenvalue weighted by molar-refractivity contribution is 7.98. The Labute approximate surface area is 86.3 Å². The van der Waals surface area contributed by atoms with Gasteiger partial charge in [0.2, 0.25) is 0 Å². The largest absolute Gasteiger partial charge is 0.322 e. The van der Waals surface area contributed by atoms with Crippen LogP contribution in [0.3, 0.4) is 0 Å². The summed E-state index contributed by atoms with van der Waals surface area (Å²) in [4.78, 5) is 18.7. The van der Waals surface area contributed by atoms with E-state index in [4.69, 9.17) is 5.73 Å². The molecule has 1 aromatic rings. The zero-order valence-electron chi connectivity index (χ0n) is 8.04. The first kappa shape index (κ1) is 9.73. The number of nitrogens with one attached hydrogen (secondary N) is 1. The molecular weight excluding hydrogens is 198 g/mol. The molecule has 1 atom stereocenters. The van der Waals surface area contributed by atoms with Crippen molar-refractivity contribution in [2.45, 2.75) is 25.1 Å². The number of nitrogens with two attached hydrogens (primary N) is 1. The van der Waals surface area contributed by atoms with Gasteiger partial charge in [0.25, 0.3) is 5.56 Å². The molecule has 5 heteroatoms. The summed E-state index contributed by atoms with van der Waals surface area (Å²) in [5, 5.41) is 0. The molecule has 0 spiro atoms. The summed E-state index contributed by atoms with van der Waals surface area (Å²) < 4.78 is 0. The highest BCUT2D eigenvalue weighted by Crippen LogP contribution is 2.20. The lowest BCUT2D eigenvalue weighted by atomic mass is 10.2. The predicted molar refractivity (Wildman–Crippen MR) is 57.3 cm³/mol. The Balaban J connectivity index is 2.52. The minimum Gasteiger partial charge on any atom is -0.322 e. The molecule has 0 aromatic carbocycles. The van der Waals surface area contributed by atoms with Crippen LogP contribution in [0.15, 0.2) is 4.79 Å². The zero-order chi connectivity index (χ0) is 10.1. The normalized spacial score (nSPS) is 17.6. The molecule has 2 rings (SSSR count). The van der Waals surface area contributed by atoms with Crippen molar-refractivity contribution in [3.05, 3.63) is 27.4 Å². The van der Waals surface area contributed by atoms with Crippen molar-refractivity contribution in [2.24, 2.45) is 5.73 Å². The van der Waals surface area contributed by atoms with Crippen molar-refractivity contribution in [1.82, 2.24) is 9.97 Å². The summed E-state index contributed by atoms with van der Waals surface area (Å²) in [5.74, 6) is 2.42. The maximum atomic E-state index is 11.6. The summed E-state index contributed by atoms with van der Waals surface area (Å²) in [6, 6.07) is -0.206. The molecule has 2 heterocycles. The fraction of sp³-hybridized carbons (Fsp3) is 0.556. The molecule has 0 saturated carbocycles. The van der Waals surface area contributed by atoms with Crippen LogP contribution in [-0.4, -0.2) is 15.7 Å². The van der Waals surface area contributed by atoms with Gasteiger partial charge in [-0.3, -0.25) is 4.79 Å². The second-order valence-corrected chi connectivity index (χ2v) is 4.57. The van der Waals surface area contributed by atoms with Crippen molar-refractivity contribution in [3.8, 4) is 0 Å². The van der Waals surface area contributed by atoms with E-state index < -0.39 is 0 Å². The maximum Gasteiger partial charge on any atom is 0.255 e. The van der Waals surface area contributed by atoms with E-state index in [1.807, 2.05) is 6.92 Å². The van der Waals surface area contributed by atoms with E-state index in [2.05, 4.69) is 9.97 Å². The molecular formula is C9H13N3OS. The first-order valence-electron chi connectivity index (χ1n) is 4.64. The first-order valence-corrected chi connectivity index (χ1v) is 5.79. The Hall–Kier alpha value is -0.810. The average Bonchev–Trinajstić information content (AvgIpc) is 2.17. The van der Waals surface area contributed by atoms with E-state index in [-0.39, 0.29) is 11.6 Å². The molecule has 1 aliphatic heterocycles. The second-order valence-electron chi connectivity index (χ2n) is 3.47. The van der Waals surface area contributed by atoms with Crippen LogP contribution in [-0.2, 0) is 12.2 Å². The van der Waals surface area contributed by atoms with Gasteiger partial charge in [-0.2, -0.15) is 11.8 Å². The summed E-state index contributed by atoms with van der Waals surface area (Å²) in [5.41, 5.74) is 7.41. The molecule has 14 heavy (non-hydrogen) atoms. The predicted octanol–water partition coefficient (Wildman–Crippen LogP) is 0.579. The van der Waals surface area contributed by atoms with Crippen LogP contribution >= 0.6 is 11.8 Å². The molecule has 1 unspecified atom stereocenters. The quantitative estimate of drug-likeness (QED) is 0.712. The summed E-state index contributed by atoms with van der Waals surface area (Å²) in [6.45, 7) is 1.82. The average molecular weight is 211 g/mol. The highest BCUT2D eigenvalue weighted by Gasteiger charge is 2.16. The molecule has 0 fully saturated rings. The van der Waals surface area contributed by atoms with Gasteiger partial charge in [0.15, 0.2) is 0 Å². The van der Waals surface area contributed by atoms with Crippen LogP contribution in [0.4, 0.5) is 0 Å². The van der Waals surface area contributed by atoms with Gasteiger partial charge in [0.05, 0.1) is 11.7 Å². The fourth-order valence-electron chi connectivity index (χ4n) is 1.48. The minimum absolute atomic E-state index is 0.0190. The summed E-state index contributed by atoms with van der Waals surface area (Å²) >= 11 is 1.77. The van der Waals surface area contributed by atoms with Crippen molar-refractivity contribution in [2.75, 3.05) is 5.75 Å². The number of aromatic amines is 1. The standard InChI is InChI=1S/C9H13N3OS/c1-5(10)8-11-7-2-3-14-4-6(7)9(13)12-8/h5H,2-4,10H2,1H3,(H,11,12,13). The molecule has 3 N–H and O–H groups in total. The third-order valence-electron chi connectivity index (χ3n) is 2.28. The molecule has 76 valence electrons. The number of nitrogens with zero attached hydrogens (tertiary/aromatic N) is 1. The van der Waals surface area contributed by atoms with Gasteiger partial charge >= 0.3 is 0 Å². The molecule has 1 aromatic heterocycles. The monoisotopic (exact) mass is 211 g/mol. The number of fused-ring (bicyclic) bond motifs is 1. The van der Waals surface area contributed by atoms with Crippen molar-refractivity contribution in [3.63, 3.8) is 0 Å². The van der Waals surface area contributed by atoms with Gasteiger partial charge in [-0.15, -0.1) is 0 Å². The Morgan fingerprint density at radius 2 is 2.43 bits per heavy atom. The van der Waals surface area contributed by atoms with Crippen LogP contribution in [0.2, 0.25) is 0 Å². The van der Waals surface area contributed by atoms with E-state index in [0.717, 1.165) is 29.2 Å². The molecule has 1 aliphatic rings. The Morgan fingerprint density at radius 1 is 1.64 bits per heavy atom. The van der Waals surface area contributed by atoms with Gasteiger partial charge in [0.1, 0.15) is 5.82 Å². The topological polar surface area (TPSA) is 71.8 Å². The summed E-state index contributed by atoms with van der Waals surface area (Å²) in [6.07, 6.45) is 0.879. The van der Waals surface area contributed by atoms with Crippen LogP contribution in [0.1, 0.15) is 30.0 Å². The molecule has 0 radical (unpaired) electrons. The number of hydrogen-bond acceptors (Lipinski definition) is 4. The number of thioether (sulfide) groups is 1. The van der Waals surface area contributed by atoms with E-state index in [1.165, 1.54) is 0 Å². The van der Waals surface area contributed by atoms with Gasteiger partial charge < -0.3 is 10.7 Å². The molecule has 0 bridgehead atoms. The maximum absolute atomic E-state index is 11.6. The van der Waals surface area contributed by atoms with E-state index in [9.17, 15) is 4.79 Å². The number of aromatic nitrogens is 2. The second kappa shape index (κ2) is 3.74. The third kappa shape index (κ3) is 1.69. The molecule has 0 aliphatic carbocycles. The Bertz CT molecular complexity index is 400. The SMILES string of the molecule is CC(N)c1nc2c(c(=O)[nH]1)CSCC2. The first-order chi connectivity index (χ1) is 6.68. The van der Waals surface area contributed by atoms with Crippen LogP contribution < -0.4 is 11.3 Å². The van der Waals surface area contributed by atoms with Crippen LogP contribution in [0, 0.1) is 0 Å².